The predicted octanol–water partition coefficient (Wildman–Crippen LogP) is 4.93. The van der Waals surface area contributed by atoms with Crippen LogP contribution in [0.15, 0.2) is 47.6 Å². The zero-order valence-electron chi connectivity index (χ0n) is 11.3. The molecule has 1 aliphatic carbocycles. The molecule has 1 aromatic carbocycles. The topological polar surface area (TPSA) is 32.6 Å². The quantitative estimate of drug-likeness (QED) is 0.602. The van der Waals surface area contributed by atoms with Crippen LogP contribution in [0.25, 0.3) is 5.57 Å². The number of oxime groups is 1. The minimum atomic E-state index is 0.0843. The highest BCUT2D eigenvalue weighted by Crippen LogP contribution is 2.39. The van der Waals surface area contributed by atoms with Gasteiger partial charge in [-0.1, -0.05) is 49.3 Å². The summed E-state index contributed by atoms with van der Waals surface area (Å²) in [6.45, 7) is 8.50. The van der Waals surface area contributed by atoms with Crippen LogP contribution in [0.4, 0.5) is 0 Å². The molecule has 0 radical (unpaired) electrons. The van der Waals surface area contributed by atoms with Gasteiger partial charge < -0.3 is 5.21 Å². The van der Waals surface area contributed by atoms with Gasteiger partial charge >= 0.3 is 0 Å². The zero-order valence-corrected chi connectivity index (χ0v) is 12.0. The van der Waals surface area contributed by atoms with Gasteiger partial charge in [-0.05, 0) is 53.2 Å². The Hall–Kier alpha value is -1.54. The Balaban J connectivity index is 2.32. The Labute approximate surface area is 119 Å². The van der Waals surface area contributed by atoms with Crippen molar-refractivity contribution < 1.29 is 5.21 Å². The van der Waals surface area contributed by atoms with Gasteiger partial charge in [0, 0.05) is 5.02 Å². The minimum Gasteiger partial charge on any atom is -0.411 e. The van der Waals surface area contributed by atoms with E-state index in [2.05, 4.69) is 25.6 Å². The standard InChI is InChI=1S/C16H18ClNO/c1-11(12-4-6-14(17)7-5-12)13-8-15(18-19)10-16(2,3)9-13/h4-8,19H,1,9-10H2,2-3H3/b18-15-. The normalized spacial score (nSPS) is 20.2. The third-order valence-corrected chi connectivity index (χ3v) is 3.63. The van der Waals surface area contributed by atoms with Crippen LogP contribution in [0.3, 0.4) is 0 Å². The summed E-state index contributed by atoms with van der Waals surface area (Å²) in [5, 5.41) is 13.1. The first-order valence-corrected chi connectivity index (χ1v) is 6.66. The first-order valence-electron chi connectivity index (χ1n) is 6.28. The summed E-state index contributed by atoms with van der Waals surface area (Å²) in [5.74, 6) is 0. The smallest absolute Gasteiger partial charge is 0.0804 e. The number of nitrogens with zero attached hydrogens (tertiary/aromatic N) is 1. The molecule has 1 aromatic rings. The molecule has 0 bridgehead atoms. The molecule has 100 valence electrons. The van der Waals surface area contributed by atoms with E-state index in [-0.39, 0.29) is 5.41 Å². The lowest BCUT2D eigenvalue weighted by Gasteiger charge is -2.31. The lowest BCUT2D eigenvalue weighted by atomic mass is 9.74. The van der Waals surface area contributed by atoms with Gasteiger partial charge in [0.15, 0.2) is 0 Å². The number of hydrogen-bond acceptors (Lipinski definition) is 2. The predicted molar refractivity (Wildman–Crippen MR) is 80.8 cm³/mol. The fourth-order valence-electron chi connectivity index (χ4n) is 2.47. The first kappa shape index (κ1) is 13.9. The number of benzene rings is 1. The molecular weight excluding hydrogens is 258 g/mol. The van der Waals surface area contributed by atoms with Crippen molar-refractivity contribution in [2.75, 3.05) is 0 Å². The molecule has 0 unspecified atom stereocenters. The van der Waals surface area contributed by atoms with Crippen molar-refractivity contribution in [3.63, 3.8) is 0 Å². The molecule has 2 rings (SSSR count). The van der Waals surface area contributed by atoms with E-state index in [1.165, 1.54) is 0 Å². The van der Waals surface area contributed by atoms with Gasteiger partial charge in [0.25, 0.3) is 0 Å². The first-order chi connectivity index (χ1) is 8.91. The molecule has 0 fully saturated rings. The van der Waals surface area contributed by atoms with Crippen LogP contribution >= 0.6 is 11.6 Å². The molecule has 1 aliphatic rings. The lowest BCUT2D eigenvalue weighted by molar-refractivity contribution is 0.308. The number of allylic oxidation sites excluding steroid dienone is 3. The summed E-state index contributed by atoms with van der Waals surface area (Å²) in [6.07, 6.45) is 3.64. The molecule has 0 saturated heterocycles. The van der Waals surface area contributed by atoms with Crippen molar-refractivity contribution in [2.45, 2.75) is 26.7 Å². The van der Waals surface area contributed by atoms with Crippen LogP contribution < -0.4 is 0 Å². The van der Waals surface area contributed by atoms with Gasteiger partial charge in [0.1, 0.15) is 0 Å². The third kappa shape index (κ3) is 3.27. The molecule has 0 heterocycles. The van der Waals surface area contributed by atoms with Crippen molar-refractivity contribution in [3.8, 4) is 0 Å². The number of hydrogen-bond donors (Lipinski definition) is 1. The molecule has 0 saturated carbocycles. The second-order valence-electron chi connectivity index (χ2n) is 5.76. The largest absolute Gasteiger partial charge is 0.411 e. The summed E-state index contributed by atoms with van der Waals surface area (Å²) in [6, 6.07) is 7.64. The van der Waals surface area contributed by atoms with E-state index in [0.717, 1.165) is 29.6 Å². The molecule has 19 heavy (non-hydrogen) atoms. The van der Waals surface area contributed by atoms with Crippen LogP contribution in [-0.4, -0.2) is 10.9 Å². The molecule has 3 heteroatoms. The second-order valence-corrected chi connectivity index (χ2v) is 6.20. The number of rotatable bonds is 2. The fourth-order valence-corrected chi connectivity index (χ4v) is 2.59. The van der Waals surface area contributed by atoms with E-state index < -0.39 is 0 Å². The molecule has 0 amide bonds. The van der Waals surface area contributed by atoms with Gasteiger partial charge in [0.05, 0.1) is 5.71 Å². The van der Waals surface area contributed by atoms with Gasteiger partial charge in [-0.25, -0.2) is 0 Å². The van der Waals surface area contributed by atoms with Gasteiger partial charge in [-0.3, -0.25) is 0 Å². The maximum atomic E-state index is 9.03. The van der Waals surface area contributed by atoms with Crippen LogP contribution in [0.2, 0.25) is 5.02 Å². The molecule has 0 aromatic heterocycles. The molecule has 2 nitrogen and oxygen atoms in total. The summed E-state index contributed by atoms with van der Waals surface area (Å²) in [5.41, 5.74) is 3.92. The van der Waals surface area contributed by atoms with Crippen LogP contribution in [0.5, 0.6) is 0 Å². The highest BCUT2D eigenvalue weighted by molar-refractivity contribution is 6.30. The van der Waals surface area contributed by atoms with Crippen LogP contribution in [0, 0.1) is 5.41 Å². The summed E-state index contributed by atoms with van der Waals surface area (Å²) in [7, 11) is 0. The molecular formula is C16H18ClNO. The van der Waals surface area contributed by atoms with E-state index in [1.54, 1.807) is 0 Å². The zero-order chi connectivity index (χ0) is 14.0. The van der Waals surface area contributed by atoms with E-state index in [9.17, 15) is 0 Å². The average Bonchev–Trinajstić information content (AvgIpc) is 2.37. The van der Waals surface area contributed by atoms with Crippen molar-refractivity contribution in [3.05, 3.63) is 53.1 Å². The second kappa shape index (κ2) is 5.22. The van der Waals surface area contributed by atoms with E-state index in [1.807, 2.05) is 30.3 Å². The maximum absolute atomic E-state index is 9.03. The molecule has 0 atom stereocenters. The SMILES string of the molecule is C=C(C1=C/C(=N/O)CC(C)(C)C1)c1ccc(Cl)cc1. The maximum Gasteiger partial charge on any atom is 0.0804 e. The van der Waals surface area contributed by atoms with Crippen molar-refractivity contribution >= 4 is 22.9 Å². The molecule has 1 N–H and O–H groups in total. The van der Waals surface area contributed by atoms with Crippen LogP contribution in [-0.2, 0) is 0 Å². The summed E-state index contributed by atoms with van der Waals surface area (Å²) in [4.78, 5) is 0. The van der Waals surface area contributed by atoms with Crippen LogP contribution in [0.1, 0.15) is 32.3 Å². The Kier molecular flexibility index (Phi) is 3.81. The molecule has 0 spiro atoms. The number of halogens is 1. The third-order valence-electron chi connectivity index (χ3n) is 3.38. The Morgan fingerprint density at radius 2 is 1.89 bits per heavy atom. The van der Waals surface area contributed by atoms with Crippen molar-refractivity contribution in [1.82, 2.24) is 0 Å². The Morgan fingerprint density at radius 3 is 2.47 bits per heavy atom. The highest BCUT2D eigenvalue weighted by atomic mass is 35.5. The van der Waals surface area contributed by atoms with E-state index in [0.29, 0.717) is 10.7 Å². The lowest BCUT2D eigenvalue weighted by Crippen LogP contribution is -2.22. The monoisotopic (exact) mass is 275 g/mol. The Morgan fingerprint density at radius 1 is 1.26 bits per heavy atom. The minimum absolute atomic E-state index is 0.0843. The van der Waals surface area contributed by atoms with Gasteiger partial charge in [-0.15, -0.1) is 0 Å². The van der Waals surface area contributed by atoms with Gasteiger partial charge in [-0.2, -0.15) is 0 Å². The fraction of sp³-hybridized carbons (Fsp3) is 0.312. The van der Waals surface area contributed by atoms with E-state index in [4.69, 9.17) is 16.8 Å². The van der Waals surface area contributed by atoms with Crippen molar-refractivity contribution in [2.24, 2.45) is 10.6 Å². The Bertz CT molecular complexity index is 553. The summed E-state index contributed by atoms with van der Waals surface area (Å²) < 4.78 is 0. The highest BCUT2D eigenvalue weighted by Gasteiger charge is 2.27. The average molecular weight is 276 g/mol. The summed E-state index contributed by atoms with van der Waals surface area (Å²) >= 11 is 5.90. The van der Waals surface area contributed by atoms with Gasteiger partial charge in [0.2, 0.25) is 0 Å². The van der Waals surface area contributed by atoms with Crippen molar-refractivity contribution in [1.29, 1.82) is 0 Å². The van der Waals surface area contributed by atoms with E-state index >= 15 is 0 Å². The molecule has 0 aliphatic heterocycles.